The lowest BCUT2D eigenvalue weighted by Gasteiger charge is -2.37. The third-order valence-electron chi connectivity index (χ3n) is 3.52. The van der Waals surface area contributed by atoms with Crippen LogP contribution in [-0.2, 0) is 14.2 Å². The highest BCUT2D eigenvalue weighted by Crippen LogP contribution is 2.34. The van der Waals surface area contributed by atoms with E-state index in [1.165, 1.54) is 0 Å². The normalized spacial score (nSPS) is 51.2. The van der Waals surface area contributed by atoms with Crippen molar-refractivity contribution in [2.24, 2.45) is 0 Å². The molecule has 5 unspecified atom stereocenters. The maximum atomic E-state index is 9.58. The van der Waals surface area contributed by atoms with Gasteiger partial charge in [0.25, 0.3) is 0 Å². The van der Waals surface area contributed by atoms with Crippen molar-refractivity contribution in [2.75, 3.05) is 19.8 Å². The maximum absolute atomic E-state index is 9.58. The first-order chi connectivity index (χ1) is 7.25. The molecule has 0 bridgehead atoms. The van der Waals surface area contributed by atoms with E-state index in [0.717, 1.165) is 13.2 Å². The third kappa shape index (κ3) is 1.59. The number of morpholine rings is 1. The quantitative estimate of drug-likeness (QED) is 0.592. The van der Waals surface area contributed by atoms with E-state index in [9.17, 15) is 5.11 Å². The zero-order valence-corrected chi connectivity index (χ0v) is 8.83. The van der Waals surface area contributed by atoms with Gasteiger partial charge in [0, 0.05) is 19.0 Å². The van der Waals surface area contributed by atoms with Crippen LogP contribution in [0.5, 0.6) is 0 Å². The number of hydrogen-bond donors (Lipinski definition) is 1. The summed E-state index contributed by atoms with van der Waals surface area (Å²) in [5, 5.41) is 9.58. The van der Waals surface area contributed by atoms with Gasteiger partial charge in [-0.2, -0.15) is 0 Å². The lowest BCUT2D eigenvalue weighted by Crippen LogP contribution is -2.52. The van der Waals surface area contributed by atoms with Crippen molar-refractivity contribution in [3.05, 3.63) is 0 Å². The lowest BCUT2D eigenvalue weighted by atomic mass is 9.99. The zero-order valence-electron chi connectivity index (χ0n) is 8.83. The van der Waals surface area contributed by atoms with Gasteiger partial charge in [-0.25, -0.2) is 0 Å². The van der Waals surface area contributed by atoms with Gasteiger partial charge in [-0.3, -0.25) is 4.90 Å². The summed E-state index contributed by atoms with van der Waals surface area (Å²) in [4.78, 5) is 2.30. The summed E-state index contributed by atoms with van der Waals surface area (Å²) in [6.07, 6.45) is 0.104. The van der Waals surface area contributed by atoms with E-state index in [0.29, 0.717) is 13.0 Å². The number of rotatable bonds is 0. The predicted molar refractivity (Wildman–Crippen MR) is 51.1 cm³/mol. The topological polar surface area (TPSA) is 51.2 Å². The van der Waals surface area contributed by atoms with E-state index in [2.05, 4.69) is 4.90 Å². The Hall–Kier alpha value is -0.200. The monoisotopic (exact) mass is 215 g/mol. The lowest BCUT2D eigenvalue weighted by molar-refractivity contribution is -0.199. The Bertz CT molecular complexity index is 248. The Balaban J connectivity index is 1.79. The third-order valence-corrected chi connectivity index (χ3v) is 3.52. The fourth-order valence-corrected chi connectivity index (χ4v) is 2.83. The first kappa shape index (κ1) is 9.99. The summed E-state index contributed by atoms with van der Waals surface area (Å²) in [5.74, 6) is 0. The van der Waals surface area contributed by atoms with Crippen LogP contribution in [0.2, 0.25) is 0 Å². The summed E-state index contributed by atoms with van der Waals surface area (Å²) >= 11 is 0. The summed E-state index contributed by atoms with van der Waals surface area (Å²) in [6, 6.07) is 0.289. The van der Waals surface area contributed by atoms with Crippen LogP contribution in [0.1, 0.15) is 13.3 Å². The summed E-state index contributed by atoms with van der Waals surface area (Å²) in [7, 11) is 0. The van der Waals surface area contributed by atoms with Crippen molar-refractivity contribution in [2.45, 2.75) is 44.1 Å². The molecule has 3 aliphatic heterocycles. The van der Waals surface area contributed by atoms with Gasteiger partial charge in [0.2, 0.25) is 0 Å². The van der Waals surface area contributed by atoms with Gasteiger partial charge in [-0.1, -0.05) is 0 Å². The standard InChI is InChI=1S/C10H17NO4/c1-6-10-7(4-9(12)14-6)11-2-3-13-5-8(11)15-10/h6-10,12H,2-5H2,1H3. The van der Waals surface area contributed by atoms with E-state index in [4.69, 9.17) is 14.2 Å². The molecule has 0 amide bonds. The minimum atomic E-state index is -0.647. The Labute approximate surface area is 88.9 Å². The van der Waals surface area contributed by atoms with Crippen LogP contribution < -0.4 is 0 Å². The summed E-state index contributed by atoms with van der Waals surface area (Å²) in [5.41, 5.74) is 0. The number of hydrogen-bond acceptors (Lipinski definition) is 5. The van der Waals surface area contributed by atoms with E-state index >= 15 is 0 Å². The first-order valence-electron chi connectivity index (χ1n) is 5.58. The number of ether oxygens (including phenoxy) is 3. The fourth-order valence-electron chi connectivity index (χ4n) is 2.83. The van der Waals surface area contributed by atoms with E-state index in [-0.39, 0.29) is 24.5 Å². The highest BCUT2D eigenvalue weighted by molar-refractivity contribution is 4.96. The molecule has 0 aromatic rings. The second-order valence-electron chi connectivity index (χ2n) is 4.47. The number of aliphatic hydroxyl groups is 1. The Morgan fingerprint density at radius 3 is 3.07 bits per heavy atom. The minimum Gasteiger partial charge on any atom is -0.376 e. The van der Waals surface area contributed by atoms with Crippen LogP contribution >= 0.6 is 0 Å². The molecule has 0 saturated carbocycles. The first-order valence-corrected chi connectivity index (χ1v) is 5.58. The van der Waals surface area contributed by atoms with Gasteiger partial charge in [-0.05, 0) is 6.92 Å². The highest BCUT2D eigenvalue weighted by Gasteiger charge is 2.49. The molecule has 5 nitrogen and oxygen atoms in total. The van der Waals surface area contributed by atoms with E-state index in [1.54, 1.807) is 0 Å². The van der Waals surface area contributed by atoms with Crippen molar-refractivity contribution >= 4 is 0 Å². The number of aliphatic hydroxyl groups excluding tert-OH is 1. The van der Waals surface area contributed by atoms with Gasteiger partial charge < -0.3 is 19.3 Å². The Morgan fingerprint density at radius 1 is 1.33 bits per heavy atom. The largest absolute Gasteiger partial charge is 0.376 e. The smallest absolute Gasteiger partial charge is 0.156 e. The second kappa shape index (κ2) is 3.68. The SMILES string of the molecule is CC1OC(O)CC2C1OC1COCCN12. The molecule has 0 spiro atoms. The van der Waals surface area contributed by atoms with Gasteiger partial charge >= 0.3 is 0 Å². The summed E-state index contributed by atoms with van der Waals surface area (Å²) < 4.78 is 16.6. The highest BCUT2D eigenvalue weighted by atomic mass is 16.6. The van der Waals surface area contributed by atoms with Gasteiger partial charge in [0.15, 0.2) is 6.29 Å². The molecule has 0 radical (unpaired) electrons. The van der Waals surface area contributed by atoms with Crippen molar-refractivity contribution < 1.29 is 19.3 Å². The molecule has 3 fully saturated rings. The van der Waals surface area contributed by atoms with Crippen LogP contribution in [0.15, 0.2) is 0 Å². The average Bonchev–Trinajstić information content (AvgIpc) is 2.57. The molecule has 1 N–H and O–H groups in total. The molecular formula is C10H17NO4. The van der Waals surface area contributed by atoms with Crippen LogP contribution in [-0.4, -0.2) is 60.5 Å². The molecule has 3 aliphatic rings. The molecule has 86 valence electrons. The molecule has 5 atom stereocenters. The van der Waals surface area contributed by atoms with Crippen molar-refractivity contribution in [1.82, 2.24) is 4.90 Å². The maximum Gasteiger partial charge on any atom is 0.156 e. The Kier molecular flexibility index (Phi) is 2.45. The molecule has 0 aromatic carbocycles. The van der Waals surface area contributed by atoms with Crippen LogP contribution in [0.3, 0.4) is 0 Å². The van der Waals surface area contributed by atoms with Gasteiger partial charge in [0.05, 0.1) is 19.3 Å². The molecule has 3 rings (SSSR count). The predicted octanol–water partition coefficient (Wildman–Crippen LogP) is -0.461. The molecule has 3 saturated heterocycles. The van der Waals surface area contributed by atoms with Crippen LogP contribution in [0.4, 0.5) is 0 Å². The average molecular weight is 215 g/mol. The van der Waals surface area contributed by atoms with Crippen LogP contribution in [0, 0.1) is 0 Å². The Morgan fingerprint density at radius 2 is 2.20 bits per heavy atom. The van der Waals surface area contributed by atoms with E-state index < -0.39 is 6.29 Å². The van der Waals surface area contributed by atoms with Crippen molar-refractivity contribution in [3.8, 4) is 0 Å². The van der Waals surface area contributed by atoms with E-state index in [1.807, 2.05) is 6.92 Å². The molecule has 15 heavy (non-hydrogen) atoms. The van der Waals surface area contributed by atoms with Crippen molar-refractivity contribution in [3.63, 3.8) is 0 Å². The zero-order chi connectivity index (χ0) is 10.4. The van der Waals surface area contributed by atoms with Gasteiger partial charge in [0.1, 0.15) is 12.3 Å². The number of nitrogens with zero attached hydrogens (tertiary/aromatic N) is 1. The molecule has 3 heterocycles. The molecule has 0 aromatic heterocycles. The molecule has 0 aliphatic carbocycles. The van der Waals surface area contributed by atoms with Crippen molar-refractivity contribution in [1.29, 1.82) is 0 Å². The minimum absolute atomic E-state index is 0.0376. The second-order valence-corrected chi connectivity index (χ2v) is 4.47. The van der Waals surface area contributed by atoms with Crippen LogP contribution in [0.25, 0.3) is 0 Å². The molecule has 5 heteroatoms. The summed E-state index contributed by atoms with van der Waals surface area (Å²) in [6.45, 7) is 4.24. The number of fused-ring (bicyclic) bond motifs is 3. The molecular weight excluding hydrogens is 198 g/mol. The van der Waals surface area contributed by atoms with Gasteiger partial charge in [-0.15, -0.1) is 0 Å². The fraction of sp³-hybridized carbons (Fsp3) is 1.00.